The van der Waals surface area contributed by atoms with Gasteiger partial charge in [-0.25, -0.2) is 0 Å². The molecule has 0 saturated heterocycles. The van der Waals surface area contributed by atoms with Gasteiger partial charge >= 0.3 is 0 Å². The van der Waals surface area contributed by atoms with E-state index >= 15 is 0 Å². The average Bonchev–Trinajstić information content (AvgIpc) is 2.03. The van der Waals surface area contributed by atoms with E-state index in [4.69, 9.17) is 6.48 Å². The molecule has 0 aliphatic carbocycles. The van der Waals surface area contributed by atoms with Gasteiger partial charge in [0.25, 0.3) is 0 Å². The summed E-state index contributed by atoms with van der Waals surface area (Å²) in [7, 11) is 0. The van der Waals surface area contributed by atoms with Crippen molar-refractivity contribution in [1.29, 1.82) is 0 Å². The minimum absolute atomic E-state index is 0.518. The second-order valence-corrected chi connectivity index (χ2v) is 2.21. The molecule has 0 bridgehead atoms. The lowest BCUT2D eigenvalue weighted by Gasteiger charge is -1.96. The van der Waals surface area contributed by atoms with Crippen LogP contribution in [-0.2, 0) is 6.42 Å². The molecule has 1 rings (SSSR count). The molecule has 1 aromatic carbocycles. The summed E-state index contributed by atoms with van der Waals surface area (Å²) in [6, 6.07) is 9.89. The van der Waals surface area contributed by atoms with Gasteiger partial charge in [-0.2, -0.15) is 0 Å². The van der Waals surface area contributed by atoms with Gasteiger partial charge in [0.1, 0.15) is 0 Å². The van der Waals surface area contributed by atoms with Crippen molar-refractivity contribution in [3.63, 3.8) is 0 Å². The molecule has 54 valence electrons. The third-order valence-corrected chi connectivity index (χ3v) is 1.40. The Kier molecular flexibility index (Phi) is 2.41. The quantitative estimate of drug-likeness (QED) is 0.671. The molecule has 1 heteroatoms. The summed E-state index contributed by atoms with van der Waals surface area (Å²) in [4.78, 5) is 0. The highest BCUT2D eigenvalue weighted by molar-refractivity contribution is 5.14. The fourth-order valence-corrected chi connectivity index (χ4v) is 0.876. The molecule has 1 N–H and O–H groups in total. The SMILES string of the molecule is [2H][C@@H](O)CCc1ccccc1. The lowest BCUT2D eigenvalue weighted by molar-refractivity contribution is 0.288. The molecule has 0 aliphatic heterocycles. The number of aliphatic hydroxyl groups is 1. The Bertz CT molecular complexity index is 196. The Morgan fingerprint density at radius 3 is 2.60 bits per heavy atom. The van der Waals surface area contributed by atoms with Gasteiger partial charge in [-0.15, -0.1) is 0 Å². The van der Waals surface area contributed by atoms with Gasteiger partial charge in [0.05, 0.1) is 1.37 Å². The van der Waals surface area contributed by atoms with Crippen LogP contribution >= 0.6 is 0 Å². The molecule has 10 heavy (non-hydrogen) atoms. The van der Waals surface area contributed by atoms with Crippen LogP contribution in [0.5, 0.6) is 0 Å². The summed E-state index contributed by atoms with van der Waals surface area (Å²) in [5.74, 6) is 0. The molecular weight excluding hydrogens is 124 g/mol. The van der Waals surface area contributed by atoms with Crippen LogP contribution in [0.15, 0.2) is 30.3 Å². The summed E-state index contributed by atoms with van der Waals surface area (Å²) in [5.41, 5.74) is 1.18. The van der Waals surface area contributed by atoms with Gasteiger partial charge in [-0.3, -0.25) is 0 Å². The summed E-state index contributed by atoms with van der Waals surface area (Å²) >= 11 is 0. The number of aryl methyl sites for hydroxylation is 1. The summed E-state index contributed by atoms with van der Waals surface area (Å²) < 4.78 is 6.88. The van der Waals surface area contributed by atoms with Gasteiger partial charge in [0.2, 0.25) is 0 Å². The molecule has 0 saturated carbocycles. The maximum absolute atomic E-state index is 8.68. The van der Waals surface area contributed by atoms with E-state index in [0.717, 1.165) is 6.42 Å². The van der Waals surface area contributed by atoms with E-state index in [0.29, 0.717) is 6.42 Å². The first-order valence-electron chi connectivity index (χ1n) is 4.01. The highest BCUT2D eigenvalue weighted by Crippen LogP contribution is 2.00. The fourth-order valence-electron chi connectivity index (χ4n) is 0.876. The molecule has 1 aromatic rings. The summed E-state index contributed by atoms with van der Waals surface area (Å²) in [6.07, 6.45) is 1.30. The first kappa shape index (κ1) is 5.93. The Hall–Kier alpha value is -0.820. The Morgan fingerprint density at radius 2 is 2.00 bits per heavy atom. The van der Waals surface area contributed by atoms with Crippen molar-refractivity contribution in [3.05, 3.63) is 35.9 Å². The lowest BCUT2D eigenvalue weighted by Crippen LogP contribution is -1.87. The lowest BCUT2D eigenvalue weighted by atomic mass is 10.1. The van der Waals surface area contributed by atoms with E-state index in [1.54, 1.807) is 0 Å². The van der Waals surface area contributed by atoms with Crippen LogP contribution in [0.1, 0.15) is 13.4 Å². The van der Waals surface area contributed by atoms with Crippen LogP contribution in [-0.4, -0.2) is 11.7 Å². The molecule has 0 amide bonds. The van der Waals surface area contributed by atoms with E-state index in [9.17, 15) is 0 Å². The normalized spacial score (nSPS) is 14.3. The number of aliphatic hydroxyl groups excluding tert-OH is 1. The third kappa shape index (κ3) is 2.19. The zero-order chi connectivity index (χ0) is 8.10. The number of hydrogen-bond donors (Lipinski definition) is 1. The van der Waals surface area contributed by atoms with Crippen LogP contribution in [0.3, 0.4) is 0 Å². The van der Waals surface area contributed by atoms with Crippen molar-refractivity contribution in [2.45, 2.75) is 12.8 Å². The van der Waals surface area contributed by atoms with Gasteiger partial charge in [-0.1, -0.05) is 30.3 Å². The molecule has 0 unspecified atom stereocenters. The van der Waals surface area contributed by atoms with Crippen LogP contribution in [0.25, 0.3) is 0 Å². The minimum Gasteiger partial charge on any atom is -0.396 e. The average molecular weight is 137 g/mol. The summed E-state index contributed by atoms with van der Waals surface area (Å²) in [6.45, 7) is -0.935. The molecule has 0 heterocycles. The molecule has 0 spiro atoms. The Morgan fingerprint density at radius 1 is 1.30 bits per heavy atom. The predicted octanol–water partition coefficient (Wildman–Crippen LogP) is 1.61. The van der Waals surface area contributed by atoms with Gasteiger partial charge in [0.15, 0.2) is 0 Å². The van der Waals surface area contributed by atoms with Crippen LogP contribution in [0, 0.1) is 0 Å². The molecule has 1 atom stereocenters. The fraction of sp³-hybridized carbons (Fsp3) is 0.333. The first-order chi connectivity index (χ1) is 5.29. The number of hydrogen-bond acceptors (Lipinski definition) is 1. The smallest absolute Gasteiger partial charge is 0.0564 e. The van der Waals surface area contributed by atoms with Crippen molar-refractivity contribution in [3.8, 4) is 0 Å². The molecular formula is C9H12O. The van der Waals surface area contributed by atoms with Crippen molar-refractivity contribution >= 4 is 0 Å². The van der Waals surface area contributed by atoms with Crippen LogP contribution < -0.4 is 0 Å². The topological polar surface area (TPSA) is 20.2 Å². The zero-order valence-electron chi connectivity index (χ0n) is 6.83. The molecule has 0 radical (unpaired) electrons. The monoisotopic (exact) mass is 137 g/mol. The standard InChI is InChI=1S/C9H12O/c10-8-4-7-9-5-2-1-3-6-9/h1-3,5-6,10H,4,7-8H2/i8D/t8-/m1/s1. The van der Waals surface area contributed by atoms with Crippen LogP contribution in [0.4, 0.5) is 0 Å². The minimum atomic E-state index is -0.935. The van der Waals surface area contributed by atoms with E-state index in [1.807, 2.05) is 30.3 Å². The first-order valence-corrected chi connectivity index (χ1v) is 3.43. The number of benzene rings is 1. The molecule has 0 aromatic heterocycles. The second kappa shape index (κ2) is 4.07. The van der Waals surface area contributed by atoms with Gasteiger partial charge in [0, 0.05) is 6.58 Å². The van der Waals surface area contributed by atoms with E-state index in [2.05, 4.69) is 0 Å². The molecule has 1 nitrogen and oxygen atoms in total. The van der Waals surface area contributed by atoms with Crippen molar-refractivity contribution in [1.82, 2.24) is 0 Å². The van der Waals surface area contributed by atoms with Gasteiger partial charge < -0.3 is 5.11 Å². The Labute approximate surface area is 62.7 Å². The largest absolute Gasteiger partial charge is 0.396 e. The Balaban J connectivity index is 2.39. The number of rotatable bonds is 3. The molecule has 0 fully saturated rings. The maximum atomic E-state index is 8.68. The summed E-state index contributed by atoms with van der Waals surface area (Å²) in [5, 5.41) is 8.68. The van der Waals surface area contributed by atoms with E-state index in [-0.39, 0.29) is 0 Å². The zero-order valence-corrected chi connectivity index (χ0v) is 5.83. The second-order valence-electron chi connectivity index (χ2n) is 2.21. The molecule has 0 aliphatic rings. The predicted molar refractivity (Wildman–Crippen MR) is 41.8 cm³/mol. The van der Waals surface area contributed by atoms with Crippen LogP contribution in [0.2, 0.25) is 0 Å². The van der Waals surface area contributed by atoms with Gasteiger partial charge in [-0.05, 0) is 18.4 Å². The van der Waals surface area contributed by atoms with Crippen molar-refractivity contribution in [2.24, 2.45) is 0 Å². The third-order valence-electron chi connectivity index (χ3n) is 1.40. The maximum Gasteiger partial charge on any atom is 0.0564 e. The highest BCUT2D eigenvalue weighted by Gasteiger charge is 1.87. The van der Waals surface area contributed by atoms with Crippen molar-refractivity contribution < 1.29 is 6.48 Å². The van der Waals surface area contributed by atoms with E-state index < -0.39 is 6.58 Å². The van der Waals surface area contributed by atoms with Crippen molar-refractivity contribution in [2.75, 3.05) is 6.58 Å². The highest BCUT2D eigenvalue weighted by atomic mass is 16.2. The van der Waals surface area contributed by atoms with E-state index in [1.165, 1.54) is 5.56 Å².